The molecule has 2 aromatic heterocycles. The Bertz CT molecular complexity index is 1170. The van der Waals surface area contributed by atoms with Crippen molar-refractivity contribution in [2.75, 3.05) is 18.4 Å². The molecular weight excluding hydrogens is 358 g/mol. The summed E-state index contributed by atoms with van der Waals surface area (Å²) in [6.07, 6.45) is 4.57. The van der Waals surface area contributed by atoms with E-state index >= 15 is 0 Å². The summed E-state index contributed by atoms with van der Waals surface area (Å²) in [5, 5.41) is 6.04. The highest BCUT2D eigenvalue weighted by Crippen LogP contribution is 2.36. The third-order valence-corrected chi connectivity index (χ3v) is 6.97. The lowest BCUT2D eigenvalue weighted by Crippen LogP contribution is -2.59. The average molecular weight is 383 g/mol. The lowest BCUT2D eigenvalue weighted by Gasteiger charge is -2.50. The van der Waals surface area contributed by atoms with Crippen LogP contribution in [0.3, 0.4) is 0 Å². The van der Waals surface area contributed by atoms with Gasteiger partial charge in [0.2, 0.25) is 0 Å². The largest absolute Gasteiger partial charge is 0.455 e. The number of furan rings is 1. The summed E-state index contributed by atoms with van der Waals surface area (Å²) in [6.45, 7) is 4.84. The number of pyridine rings is 1. The summed E-state index contributed by atoms with van der Waals surface area (Å²) in [4.78, 5) is 7.36. The van der Waals surface area contributed by atoms with Gasteiger partial charge in [-0.25, -0.2) is 4.98 Å². The molecule has 3 aliphatic heterocycles. The second-order valence-corrected chi connectivity index (χ2v) is 8.50. The van der Waals surface area contributed by atoms with E-state index in [1.807, 2.05) is 18.3 Å². The third kappa shape index (κ3) is 2.74. The number of benzene rings is 2. The van der Waals surface area contributed by atoms with Crippen molar-refractivity contribution < 1.29 is 4.42 Å². The first-order valence-electron chi connectivity index (χ1n) is 10.7. The van der Waals surface area contributed by atoms with Crippen molar-refractivity contribution >= 4 is 27.8 Å². The molecule has 2 bridgehead atoms. The molecule has 0 saturated carbocycles. The predicted molar refractivity (Wildman–Crippen MR) is 118 cm³/mol. The topological polar surface area (TPSA) is 41.3 Å². The van der Waals surface area contributed by atoms with Crippen molar-refractivity contribution in [3.05, 3.63) is 60.8 Å². The molecule has 2 atom stereocenters. The summed E-state index contributed by atoms with van der Waals surface area (Å²) in [5.74, 6) is 1.73. The highest BCUT2D eigenvalue weighted by molar-refractivity contribution is 6.09. The van der Waals surface area contributed by atoms with E-state index in [1.165, 1.54) is 25.9 Å². The van der Waals surface area contributed by atoms with Crippen LogP contribution in [0.1, 0.15) is 19.8 Å². The Morgan fingerprint density at radius 1 is 0.966 bits per heavy atom. The Kier molecular flexibility index (Phi) is 3.88. The van der Waals surface area contributed by atoms with Crippen molar-refractivity contribution in [3.63, 3.8) is 0 Å². The zero-order chi connectivity index (χ0) is 19.4. The van der Waals surface area contributed by atoms with Gasteiger partial charge in [-0.1, -0.05) is 36.4 Å². The fourth-order valence-corrected chi connectivity index (χ4v) is 5.33. The smallest absolute Gasteiger partial charge is 0.143 e. The van der Waals surface area contributed by atoms with Crippen LogP contribution in [0.4, 0.5) is 5.82 Å². The number of nitrogens with zero attached hydrogens (tertiary/aromatic N) is 2. The van der Waals surface area contributed by atoms with E-state index in [1.54, 1.807) is 0 Å². The highest BCUT2D eigenvalue weighted by atomic mass is 16.3. The van der Waals surface area contributed by atoms with Crippen LogP contribution in [0.15, 0.2) is 65.2 Å². The standard InChI is InChI=1S/C25H25N3O/c1-16-24(17-11-13-28(16)14-12-17)27-23-10-9-18(15-26-23)19-6-4-7-21-20-5-2-3-8-22(20)29-25(19)21/h2-10,15-17,24H,11-14H2,1H3,(H,26,27)/t16-,24-/m1/s1. The number of hydrogen-bond donors (Lipinski definition) is 1. The van der Waals surface area contributed by atoms with Crippen molar-refractivity contribution in [1.82, 2.24) is 9.88 Å². The van der Waals surface area contributed by atoms with Gasteiger partial charge in [0, 0.05) is 40.2 Å². The number of para-hydroxylation sites is 2. The van der Waals surface area contributed by atoms with Gasteiger partial charge in [0.05, 0.1) is 0 Å². The zero-order valence-corrected chi connectivity index (χ0v) is 16.6. The molecule has 1 N–H and O–H groups in total. The Balaban J connectivity index is 1.32. The fourth-order valence-electron chi connectivity index (χ4n) is 5.33. The summed E-state index contributed by atoms with van der Waals surface area (Å²) in [6, 6.07) is 19.9. The van der Waals surface area contributed by atoms with Gasteiger partial charge in [0.1, 0.15) is 17.0 Å². The second-order valence-electron chi connectivity index (χ2n) is 8.50. The number of hydrogen-bond acceptors (Lipinski definition) is 4. The van der Waals surface area contributed by atoms with E-state index in [4.69, 9.17) is 9.40 Å². The van der Waals surface area contributed by atoms with Crippen molar-refractivity contribution in [2.24, 2.45) is 5.92 Å². The molecule has 4 nitrogen and oxygen atoms in total. The summed E-state index contributed by atoms with van der Waals surface area (Å²) in [5.41, 5.74) is 4.04. The second kappa shape index (κ2) is 6.60. The normalized spacial score (nSPS) is 26.2. The fraction of sp³-hybridized carbons (Fsp3) is 0.320. The van der Waals surface area contributed by atoms with E-state index < -0.39 is 0 Å². The Labute approximate surface area is 170 Å². The van der Waals surface area contributed by atoms with Crippen molar-refractivity contribution in [1.29, 1.82) is 0 Å². The minimum absolute atomic E-state index is 0.495. The quantitative estimate of drug-likeness (QED) is 0.504. The maximum atomic E-state index is 6.19. The van der Waals surface area contributed by atoms with Gasteiger partial charge in [0.15, 0.2) is 0 Å². The molecule has 0 radical (unpaired) electrons. The predicted octanol–water partition coefficient (Wildman–Crippen LogP) is 5.54. The average Bonchev–Trinajstić information content (AvgIpc) is 3.16. The molecule has 0 spiro atoms. The molecule has 2 aromatic carbocycles. The third-order valence-electron chi connectivity index (χ3n) is 6.97. The first-order valence-corrected chi connectivity index (χ1v) is 10.7. The van der Waals surface area contributed by atoms with Crippen LogP contribution in [-0.2, 0) is 0 Å². The van der Waals surface area contributed by atoms with Crippen LogP contribution in [0.25, 0.3) is 33.1 Å². The van der Waals surface area contributed by atoms with Gasteiger partial charge in [-0.05, 0) is 57.0 Å². The van der Waals surface area contributed by atoms with Crippen LogP contribution < -0.4 is 5.32 Å². The molecule has 5 heterocycles. The highest BCUT2D eigenvalue weighted by Gasteiger charge is 2.39. The molecule has 7 rings (SSSR count). The van der Waals surface area contributed by atoms with Crippen LogP contribution in [0.5, 0.6) is 0 Å². The lowest BCUT2D eigenvalue weighted by molar-refractivity contribution is 0.0457. The molecule has 0 aliphatic carbocycles. The van der Waals surface area contributed by atoms with E-state index in [0.29, 0.717) is 12.1 Å². The zero-order valence-electron chi connectivity index (χ0n) is 16.6. The van der Waals surface area contributed by atoms with Gasteiger partial charge < -0.3 is 9.73 Å². The minimum Gasteiger partial charge on any atom is -0.455 e. The molecule has 0 amide bonds. The van der Waals surface area contributed by atoms with E-state index in [0.717, 1.165) is 44.8 Å². The summed E-state index contributed by atoms with van der Waals surface area (Å²) < 4.78 is 6.19. The molecule has 4 heteroatoms. The monoisotopic (exact) mass is 383 g/mol. The van der Waals surface area contributed by atoms with Gasteiger partial charge in [-0.3, -0.25) is 4.90 Å². The van der Waals surface area contributed by atoms with Crippen LogP contribution in [-0.4, -0.2) is 35.1 Å². The molecule has 29 heavy (non-hydrogen) atoms. The van der Waals surface area contributed by atoms with Gasteiger partial charge in [-0.15, -0.1) is 0 Å². The molecule has 3 aliphatic rings. The molecule has 3 saturated heterocycles. The Hall–Kier alpha value is -2.85. The lowest BCUT2D eigenvalue weighted by atomic mass is 9.79. The molecule has 0 unspecified atom stereocenters. The van der Waals surface area contributed by atoms with Crippen LogP contribution >= 0.6 is 0 Å². The number of nitrogens with one attached hydrogen (secondary N) is 1. The van der Waals surface area contributed by atoms with Gasteiger partial charge in [0.25, 0.3) is 0 Å². The van der Waals surface area contributed by atoms with E-state index in [2.05, 4.69) is 59.6 Å². The number of piperidine rings is 3. The number of aromatic nitrogens is 1. The Morgan fingerprint density at radius 2 is 1.79 bits per heavy atom. The molecule has 146 valence electrons. The number of anilines is 1. The summed E-state index contributed by atoms with van der Waals surface area (Å²) in [7, 11) is 0. The Morgan fingerprint density at radius 3 is 2.59 bits per heavy atom. The maximum absolute atomic E-state index is 6.19. The number of fused-ring (bicyclic) bond motifs is 6. The van der Waals surface area contributed by atoms with Gasteiger partial charge in [-0.2, -0.15) is 0 Å². The van der Waals surface area contributed by atoms with Crippen molar-refractivity contribution in [2.45, 2.75) is 31.8 Å². The molecular formula is C25H25N3O. The first kappa shape index (κ1) is 17.0. The van der Waals surface area contributed by atoms with Crippen LogP contribution in [0.2, 0.25) is 0 Å². The first-order chi connectivity index (χ1) is 14.3. The molecule has 3 fully saturated rings. The van der Waals surface area contributed by atoms with Crippen LogP contribution in [0, 0.1) is 5.92 Å². The minimum atomic E-state index is 0.495. The van der Waals surface area contributed by atoms with Crippen molar-refractivity contribution in [3.8, 4) is 11.1 Å². The SMILES string of the molecule is C[C@@H]1[C@@H](Nc2ccc(-c3cccc4c3oc3ccccc34)cn2)C2CCN1CC2. The van der Waals surface area contributed by atoms with E-state index in [9.17, 15) is 0 Å². The van der Waals surface area contributed by atoms with E-state index in [-0.39, 0.29) is 0 Å². The summed E-state index contributed by atoms with van der Waals surface area (Å²) >= 11 is 0. The number of rotatable bonds is 3. The maximum Gasteiger partial charge on any atom is 0.143 e. The van der Waals surface area contributed by atoms with Gasteiger partial charge >= 0.3 is 0 Å². The molecule has 4 aromatic rings.